The largest absolute Gasteiger partial charge is 0.394 e. The molecule has 0 aromatic heterocycles. The molecule has 130 valence electrons. The summed E-state index contributed by atoms with van der Waals surface area (Å²) in [5, 5.41) is 3.45. The molecule has 0 unspecified atom stereocenters. The van der Waals surface area contributed by atoms with E-state index in [1.54, 1.807) is 12.1 Å². The highest BCUT2D eigenvalue weighted by Crippen LogP contribution is 2.14. The van der Waals surface area contributed by atoms with Gasteiger partial charge in [0.15, 0.2) is 0 Å². The fourth-order valence-corrected chi connectivity index (χ4v) is 2.40. The van der Waals surface area contributed by atoms with E-state index in [1.807, 2.05) is 26.0 Å². The van der Waals surface area contributed by atoms with Gasteiger partial charge in [0.2, 0.25) is 0 Å². The molecule has 0 radical (unpaired) electrons. The molecule has 1 aromatic carbocycles. The van der Waals surface area contributed by atoms with Gasteiger partial charge < -0.3 is 15.8 Å². The van der Waals surface area contributed by atoms with Crippen LogP contribution in [0.25, 0.3) is 0 Å². The monoisotopic (exact) mass is 349 g/mol. The minimum atomic E-state index is -0.333. The van der Waals surface area contributed by atoms with E-state index < -0.39 is 0 Å². The lowest BCUT2D eigenvalue weighted by molar-refractivity contribution is -0.117. The zero-order valence-corrected chi connectivity index (χ0v) is 14.9. The Morgan fingerprint density at radius 1 is 1.29 bits per heavy atom. The van der Waals surface area contributed by atoms with Gasteiger partial charge >= 0.3 is 0 Å². The highest BCUT2D eigenvalue weighted by atomic mass is 35.5. The molecule has 0 fully saturated rings. The summed E-state index contributed by atoms with van der Waals surface area (Å²) < 4.78 is 0. The number of carbonyl (C=O) groups is 2. The molecule has 1 aromatic rings. The number of halogens is 1. The Morgan fingerprint density at radius 3 is 2.50 bits per heavy atom. The normalized spacial score (nSPS) is 12.5. The zero-order chi connectivity index (χ0) is 17.9. The van der Waals surface area contributed by atoms with Gasteiger partial charge in [0.25, 0.3) is 5.91 Å². The predicted octanol–water partition coefficient (Wildman–Crippen LogP) is 3.02. The number of nitrogens with one attached hydrogen (secondary N) is 1. The molecule has 0 atom stereocenters. The van der Waals surface area contributed by atoms with Gasteiger partial charge in [-0.05, 0) is 30.5 Å². The maximum Gasteiger partial charge on any atom is 0.267 e. The summed E-state index contributed by atoms with van der Waals surface area (Å²) in [7, 11) is 0. The number of aliphatic imine (C=N–C) groups is 1. The summed E-state index contributed by atoms with van der Waals surface area (Å²) in [6.45, 7) is 4.38. The Hall–Kier alpha value is -2.14. The van der Waals surface area contributed by atoms with Gasteiger partial charge in [-0.15, -0.1) is 0 Å². The molecule has 0 bridgehead atoms. The Morgan fingerprint density at radius 2 is 1.96 bits per heavy atom. The second kappa shape index (κ2) is 10.6. The fourth-order valence-electron chi connectivity index (χ4n) is 2.27. The topological polar surface area (TPSA) is 84.6 Å². The lowest BCUT2D eigenvalue weighted by Gasteiger charge is -2.13. The standard InChI is InChI=1S/C18H24ClN3O2/c1-3-5-15(16(4-2)21-10-11-23)17(20)18(24)22-12-13-6-8-14(19)9-7-13/h6-9,11H,3-5,10,12,20H2,1-2H3,(H,22,24)/b17-15-,21-16?. The minimum Gasteiger partial charge on any atom is -0.394 e. The molecule has 1 amide bonds. The number of hydrogen-bond acceptors (Lipinski definition) is 4. The van der Waals surface area contributed by atoms with Crippen LogP contribution in [0.3, 0.4) is 0 Å². The molecule has 0 aliphatic rings. The van der Waals surface area contributed by atoms with Crippen molar-refractivity contribution in [2.75, 3.05) is 6.54 Å². The maximum atomic E-state index is 12.3. The van der Waals surface area contributed by atoms with E-state index in [0.717, 1.165) is 23.8 Å². The average Bonchev–Trinajstić information content (AvgIpc) is 2.60. The van der Waals surface area contributed by atoms with Crippen molar-refractivity contribution in [3.8, 4) is 0 Å². The van der Waals surface area contributed by atoms with Gasteiger partial charge in [0.1, 0.15) is 12.0 Å². The van der Waals surface area contributed by atoms with E-state index in [0.29, 0.717) is 30.1 Å². The number of rotatable bonds is 9. The molecule has 0 saturated heterocycles. The van der Waals surface area contributed by atoms with Crippen molar-refractivity contribution in [3.05, 3.63) is 46.1 Å². The van der Waals surface area contributed by atoms with E-state index in [9.17, 15) is 9.59 Å². The maximum absolute atomic E-state index is 12.3. The van der Waals surface area contributed by atoms with Crippen molar-refractivity contribution >= 4 is 29.5 Å². The van der Waals surface area contributed by atoms with Crippen molar-refractivity contribution in [1.29, 1.82) is 0 Å². The average molecular weight is 350 g/mol. The molecule has 3 N–H and O–H groups in total. The predicted molar refractivity (Wildman–Crippen MR) is 98.1 cm³/mol. The summed E-state index contributed by atoms with van der Waals surface area (Å²) in [6.07, 6.45) is 2.83. The van der Waals surface area contributed by atoms with E-state index in [2.05, 4.69) is 10.3 Å². The first-order valence-corrected chi connectivity index (χ1v) is 8.39. The lowest BCUT2D eigenvalue weighted by atomic mass is 10.0. The molecular weight excluding hydrogens is 326 g/mol. The second-order valence-corrected chi connectivity index (χ2v) is 5.70. The first-order chi connectivity index (χ1) is 11.5. The number of benzene rings is 1. The van der Waals surface area contributed by atoms with Crippen molar-refractivity contribution in [1.82, 2.24) is 5.32 Å². The first kappa shape index (κ1) is 19.9. The third-order valence-corrected chi connectivity index (χ3v) is 3.73. The van der Waals surface area contributed by atoms with Crippen LogP contribution in [0.4, 0.5) is 0 Å². The molecule has 0 saturated carbocycles. The number of hydrogen-bond donors (Lipinski definition) is 2. The highest BCUT2D eigenvalue weighted by molar-refractivity contribution is 6.30. The molecular formula is C18H24ClN3O2. The van der Waals surface area contributed by atoms with Crippen molar-refractivity contribution < 1.29 is 9.59 Å². The van der Waals surface area contributed by atoms with E-state index in [1.165, 1.54) is 0 Å². The van der Waals surface area contributed by atoms with Crippen LogP contribution in [0.2, 0.25) is 5.02 Å². The smallest absolute Gasteiger partial charge is 0.267 e. The van der Waals surface area contributed by atoms with Crippen LogP contribution >= 0.6 is 11.6 Å². The molecule has 24 heavy (non-hydrogen) atoms. The number of nitrogens with zero attached hydrogens (tertiary/aromatic N) is 1. The van der Waals surface area contributed by atoms with Gasteiger partial charge in [-0.25, -0.2) is 0 Å². The van der Waals surface area contributed by atoms with Gasteiger partial charge in [0.05, 0.1) is 6.54 Å². The van der Waals surface area contributed by atoms with Gasteiger partial charge in [0, 0.05) is 22.9 Å². The van der Waals surface area contributed by atoms with Crippen LogP contribution in [-0.4, -0.2) is 24.4 Å². The van der Waals surface area contributed by atoms with Crippen molar-refractivity contribution in [2.45, 2.75) is 39.7 Å². The van der Waals surface area contributed by atoms with Gasteiger partial charge in [-0.2, -0.15) is 0 Å². The summed E-state index contributed by atoms with van der Waals surface area (Å²) in [4.78, 5) is 27.1. The lowest BCUT2D eigenvalue weighted by Crippen LogP contribution is -2.30. The molecule has 0 spiro atoms. The van der Waals surface area contributed by atoms with E-state index >= 15 is 0 Å². The molecule has 0 aliphatic heterocycles. The molecule has 5 nitrogen and oxygen atoms in total. The number of amides is 1. The van der Waals surface area contributed by atoms with Crippen LogP contribution < -0.4 is 11.1 Å². The highest BCUT2D eigenvalue weighted by Gasteiger charge is 2.15. The van der Waals surface area contributed by atoms with Gasteiger partial charge in [-0.1, -0.05) is 44.0 Å². The Bertz CT molecular complexity index is 622. The SMILES string of the molecule is CCC/C(C(CC)=NCC=O)=C(/N)C(=O)NCc1ccc(Cl)cc1. The van der Waals surface area contributed by atoms with Crippen LogP contribution in [0.15, 0.2) is 40.5 Å². The zero-order valence-electron chi connectivity index (χ0n) is 14.1. The first-order valence-electron chi connectivity index (χ1n) is 8.02. The van der Waals surface area contributed by atoms with Crippen molar-refractivity contribution in [3.63, 3.8) is 0 Å². The van der Waals surface area contributed by atoms with Crippen LogP contribution in [0.5, 0.6) is 0 Å². The van der Waals surface area contributed by atoms with Gasteiger partial charge in [-0.3, -0.25) is 9.79 Å². The number of nitrogens with two attached hydrogens (primary N) is 1. The summed E-state index contributed by atoms with van der Waals surface area (Å²) in [5.74, 6) is -0.333. The van der Waals surface area contributed by atoms with Crippen LogP contribution in [0, 0.1) is 0 Å². The number of aldehydes is 1. The van der Waals surface area contributed by atoms with E-state index in [-0.39, 0.29) is 18.1 Å². The molecule has 6 heteroatoms. The fraction of sp³-hybridized carbons (Fsp3) is 0.389. The molecule has 1 rings (SSSR count). The molecule has 0 heterocycles. The number of allylic oxidation sites excluding steroid dienone is 1. The number of carbonyl (C=O) groups excluding carboxylic acids is 2. The van der Waals surface area contributed by atoms with Crippen LogP contribution in [0.1, 0.15) is 38.7 Å². The Balaban J connectivity index is 2.90. The third kappa shape index (κ3) is 6.16. The quantitative estimate of drug-likeness (QED) is 0.408. The Labute approximate surface area is 148 Å². The summed E-state index contributed by atoms with van der Waals surface area (Å²) in [5.41, 5.74) is 8.59. The van der Waals surface area contributed by atoms with Crippen molar-refractivity contribution in [2.24, 2.45) is 10.7 Å². The Kier molecular flexibility index (Phi) is 8.79. The third-order valence-electron chi connectivity index (χ3n) is 3.48. The van der Waals surface area contributed by atoms with Crippen LogP contribution in [-0.2, 0) is 16.1 Å². The molecule has 0 aliphatic carbocycles. The minimum absolute atomic E-state index is 0.0794. The summed E-state index contributed by atoms with van der Waals surface area (Å²) >= 11 is 5.84. The second-order valence-electron chi connectivity index (χ2n) is 5.26. The van der Waals surface area contributed by atoms with E-state index in [4.69, 9.17) is 17.3 Å². The summed E-state index contributed by atoms with van der Waals surface area (Å²) in [6, 6.07) is 7.23.